The lowest BCUT2D eigenvalue weighted by atomic mass is 10.1. The summed E-state index contributed by atoms with van der Waals surface area (Å²) in [6.07, 6.45) is 3.25. The number of nitrogens with zero attached hydrogens (tertiary/aromatic N) is 3. The molecule has 1 aromatic carbocycles. The molecule has 0 spiro atoms. The van der Waals surface area contributed by atoms with Gasteiger partial charge in [0.2, 0.25) is 5.13 Å². The van der Waals surface area contributed by atoms with Crippen LogP contribution in [-0.4, -0.2) is 36.1 Å². The number of nitrogens with two attached hydrogens (primary N) is 1. The molecule has 0 atom stereocenters. The number of hydrazine groups is 1. The normalized spacial score (nSPS) is 14.6. The summed E-state index contributed by atoms with van der Waals surface area (Å²) < 4.78 is 5.15. The minimum atomic E-state index is -0.180. The van der Waals surface area contributed by atoms with Crippen LogP contribution in [0.4, 0.5) is 9.93 Å². The average Bonchev–Trinajstić information content (AvgIpc) is 3.11. The highest BCUT2D eigenvalue weighted by atomic mass is 32.1. The number of benzene rings is 1. The first-order valence-electron chi connectivity index (χ1n) is 7.63. The molecule has 1 aromatic heterocycles. The van der Waals surface area contributed by atoms with Gasteiger partial charge in [0, 0.05) is 24.0 Å². The van der Waals surface area contributed by atoms with Crippen molar-refractivity contribution < 1.29 is 9.53 Å². The van der Waals surface area contributed by atoms with Gasteiger partial charge in [0.15, 0.2) is 0 Å². The number of ether oxygens (including phenoxy) is 1. The summed E-state index contributed by atoms with van der Waals surface area (Å²) in [6.45, 7) is 1.53. The number of urea groups is 1. The maximum absolute atomic E-state index is 12.4. The van der Waals surface area contributed by atoms with Gasteiger partial charge in [-0.15, -0.1) is 11.3 Å². The van der Waals surface area contributed by atoms with Crippen LogP contribution in [-0.2, 0) is 0 Å². The van der Waals surface area contributed by atoms with E-state index in [4.69, 9.17) is 10.6 Å². The Morgan fingerprint density at radius 3 is 2.61 bits per heavy atom. The van der Waals surface area contributed by atoms with Crippen LogP contribution in [0.2, 0.25) is 0 Å². The summed E-state index contributed by atoms with van der Waals surface area (Å²) in [7, 11) is 1.63. The first-order valence-corrected chi connectivity index (χ1v) is 8.50. The van der Waals surface area contributed by atoms with Gasteiger partial charge in [0.1, 0.15) is 5.75 Å². The van der Waals surface area contributed by atoms with Crippen molar-refractivity contribution in [3.05, 3.63) is 29.6 Å². The fraction of sp³-hybridized carbons (Fsp3) is 0.375. The molecule has 2 N–H and O–H groups in total. The Balaban J connectivity index is 1.73. The summed E-state index contributed by atoms with van der Waals surface area (Å²) in [4.78, 5) is 18.7. The number of amides is 2. The predicted molar refractivity (Wildman–Crippen MR) is 91.6 cm³/mol. The lowest BCUT2D eigenvalue weighted by Gasteiger charge is -2.29. The van der Waals surface area contributed by atoms with Crippen molar-refractivity contribution in [2.24, 2.45) is 5.84 Å². The van der Waals surface area contributed by atoms with Crippen LogP contribution in [0, 0.1) is 0 Å². The lowest BCUT2D eigenvalue weighted by Crippen LogP contribution is -2.49. The Morgan fingerprint density at radius 2 is 1.96 bits per heavy atom. The zero-order valence-corrected chi connectivity index (χ0v) is 13.9. The fourth-order valence-electron chi connectivity index (χ4n) is 2.59. The van der Waals surface area contributed by atoms with Crippen molar-refractivity contribution in [2.75, 3.05) is 25.2 Å². The van der Waals surface area contributed by atoms with Crippen molar-refractivity contribution in [1.29, 1.82) is 0 Å². The molecule has 0 bridgehead atoms. The van der Waals surface area contributed by atoms with Gasteiger partial charge in [0.05, 0.1) is 12.8 Å². The molecule has 1 aliphatic rings. The van der Waals surface area contributed by atoms with E-state index in [9.17, 15) is 4.79 Å². The Morgan fingerprint density at radius 1 is 1.26 bits per heavy atom. The van der Waals surface area contributed by atoms with Crippen molar-refractivity contribution in [1.82, 2.24) is 9.88 Å². The predicted octanol–water partition coefficient (Wildman–Crippen LogP) is 3.10. The van der Waals surface area contributed by atoms with Gasteiger partial charge in [-0.05, 0) is 43.5 Å². The Kier molecular flexibility index (Phi) is 4.78. The molecule has 0 saturated carbocycles. The van der Waals surface area contributed by atoms with Crippen molar-refractivity contribution in [3.8, 4) is 17.0 Å². The highest BCUT2D eigenvalue weighted by Gasteiger charge is 2.23. The van der Waals surface area contributed by atoms with E-state index in [2.05, 4.69) is 4.98 Å². The topological polar surface area (TPSA) is 71.7 Å². The minimum Gasteiger partial charge on any atom is -0.497 e. The third kappa shape index (κ3) is 3.46. The second-order valence-electron chi connectivity index (χ2n) is 5.44. The van der Waals surface area contributed by atoms with Gasteiger partial charge in [-0.1, -0.05) is 0 Å². The third-order valence-corrected chi connectivity index (χ3v) is 4.76. The molecule has 1 saturated heterocycles. The summed E-state index contributed by atoms with van der Waals surface area (Å²) in [5, 5.41) is 3.56. The van der Waals surface area contributed by atoms with Gasteiger partial charge in [0.25, 0.3) is 0 Å². The number of hydrogen-bond acceptors (Lipinski definition) is 5. The Hall–Kier alpha value is -2.12. The molecule has 0 aliphatic carbocycles. The molecule has 6 nitrogen and oxygen atoms in total. The number of likely N-dealkylation sites (tertiary alicyclic amines) is 1. The molecule has 23 heavy (non-hydrogen) atoms. The summed E-state index contributed by atoms with van der Waals surface area (Å²) in [5.41, 5.74) is 1.77. The minimum absolute atomic E-state index is 0.180. The van der Waals surface area contributed by atoms with Crippen LogP contribution < -0.4 is 15.6 Å². The molecule has 7 heteroatoms. The van der Waals surface area contributed by atoms with E-state index in [1.165, 1.54) is 17.8 Å². The van der Waals surface area contributed by atoms with E-state index in [0.717, 1.165) is 47.9 Å². The van der Waals surface area contributed by atoms with Crippen LogP contribution >= 0.6 is 11.3 Å². The van der Waals surface area contributed by atoms with Crippen LogP contribution in [0.15, 0.2) is 29.6 Å². The number of piperidine rings is 1. The van der Waals surface area contributed by atoms with Crippen LogP contribution in [0.1, 0.15) is 19.3 Å². The van der Waals surface area contributed by atoms with Gasteiger partial charge in [-0.25, -0.2) is 20.6 Å². The Labute approximate surface area is 139 Å². The number of hydrogen-bond donors (Lipinski definition) is 1. The second-order valence-corrected chi connectivity index (χ2v) is 6.28. The number of rotatable bonds is 3. The number of methoxy groups -OCH3 is 1. The molecular weight excluding hydrogens is 312 g/mol. The van der Waals surface area contributed by atoms with E-state index >= 15 is 0 Å². The van der Waals surface area contributed by atoms with Gasteiger partial charge in [-0.3, -0.25) is 0 Å². The number of anilines is 1. The van der Waals surface area contributed by atoms with Gasteiger partial charge in [-0.2, -0.15) is 0 Å². The molecule has 0 radical (unpaired) electrons. The van der Waals surface area contributed by atoms with Gasteiger partial charge < -0.3 is 9.64 Å². The molecule has 1 aliphatic heterocycles. The zero-order valence-electron chi connectivity index (χ0n) is 13.1. The fourth-order valence-corrected chi connectivity index (χ4v) is 3.34. The van der Waals surface area contributed by atoms with Crippen LogP contribution in [0.5, 0.6) is 5.75 Å². The van der Waals surface area contributed by atoms with E-state index in [-0.39, 0.29) is 6.03 Å². The smallest absolute Gasteiger partial charge is 0.340 e. The lowest BCUT2D eigenvalue weighted by molar-refractivity contribution is 0.193. The van der Waals surface area contributed by atoms with E-state index in [1.807, 2.05) is 29.6 Å². The molecule has 122 valence electrons. The largest absolute Gasteiger partial charge is 0.497 e. The van der Waals surface area contributed by atoms with E-state index < -0.39 is 0 Å². The van der Waals surface area contributed by atoms with Crippen molar-refractivity contribution >= 4 is 22.5 Å². The van der Waals surface area contributed by atoms with Crippen molar-refractivity contribution in [3.63, 3.8) is 0 Å². The first-order chi connectivity index (χ1) is 11.2. The molecule has 2 amide bonds. The highest BCUT2D eigenvalue weighted by Crippen LogP contribution is 2.28. The van der Waals surface area contributed by atoms with Crippen LogP contribution in [0.3, 0.4) is 0 Å². The molecule has 1 fully saturated rings. The Bertz CT molecular complexity index is 665. The molecular formula is C16H20N4O2S. The molecule has 3 rings (SSSR count). The van der Waals surface area contributed by atoms with E-state index in [0.29, 0.717) is 5.13 Å². The van der Waals surface area contributed by atoms with Gasteiger partial charge >= 0.3 is 6.03 Å². The number of aromatic nitrogens is 1. The molecule has 2 aromatic rings. The number of carbonyl (C=O) groups is 1. The number of thiazole rings is 1. The average molecular weight is 332 g/mol. The SMILES string of the molecule is COc1ccc(-c2csc(N(N)C(=O)N3CCCCC3)n2)cc1. The number of carbonyl (C=O) groups excluding carboxylic acids is 1. The maximum atomic E-state index is 12.4. The monoisotopic (exact) mass is 332 g/mol. The van der Waals surface area contributed by atoms with Crippen molar-refractivity contribution in [2.45, 2.75) is 19.3 Å². The summed E-state index contributed by atoms with van der Waals surface area (Å²) in [6, 6.07) is 7.46. The summed E-state index contributed by atoms with van der Waals surface area (Å²) in [5.74, 6) is 6.77. The molecule has 2 heterocycles. The second kappa shape index (κ2) is 6.97. The summed E-state index contributed by atoms with van der Waals surface area (Å²) >= 11 is 1.37. The quantitative estimate of drug-likeness (QED) is 0.532. The standard InChI is InChI=1S/C16H20N4O2S/c1-22-13-7-5-12(6-8-13)14-11-23-15(18-14)20(17)16(21)19-9-3-2-4-10-19/h5-8,11H,2-4,9-10,17H2,1H3. The van der Waals surface area contributed by atoms with Crippen LogP contribution in [0.25, 0.3) is 11.3 Å². The third-order valence-electron chi connectivity index (χ3n) is 3.92. The maximum Gasteiger partial charge on any atom is 0.340 e. The first kappa shape index (κ1) is 15.8. The zero-order chi connectivity index (χ0) is 16.2. The van der Waals surface area contributed by atoms with E-state index in [1.54, 1.807) is 12.0 Å². The molecule has 0 unspecified atom stereocenters. The highest BCUT2D eigenvalue weighted by molar-refractivity contribution is 7.14.